The monoisotopic (exact) mass is 446 g/mol. The molecule has 174 valence electrons. The Kier molecular flexibility index (Phi) is 16.4. The van der Waals surface area contributed by atoms with Crippen molar-refractivity contribution in [3.63, 3.8) is 0 Å². The van der Waals surface area contributed by atoms with E-state index in [2.05, 4.69) is 46.2 Å². The molecule has 6 heteroatoms. The zero-order valence-electron chi connectivity index (χ0n) is 20.6. The van der Waals surface area contributed by atoms with Gasteiger partial charge in [-0.1, -0.05) is 71.1 Å². The van der Waals surface area contributed by atoms with E-state index in [1.807, 2.05) is 0 Å². The van der Waals surface area contributed by atoms with Crippen molar-refractivity contribution in [2.24, 2.45) is 0 Å². The fourth-order valence-corrected chi connectivity index (χ4v) is 4.35. The zero-order chi connectivity index (χ0) is 22.2. The molecule has 0 atom stereocenters. The molecular formula is C23H50O4Si2. The SMILES string of the molecule is CCCCCCCCCCCCCC(=O)OC(CO[Si](C)(C)C)CO[Si](C)(C)C. The summed E-state index contributed by atoms with van der Waals surface area (Å²) in [5, 5.41) is 0. The maximum atomic E-state index is 12.3. The fourth-order valence-electron chi connectivity index (χ4n) is 2.98. The lowest BCUT2D eigenvalue weighted by atomic mass is 10.1. The van der Waals surface area contributed by atoms with E-state index in [9.17, 15) is 4.79 Å². The molecule has 0 aromatic rings. The van der Waals surface area contributed by atoms with Gasteiger partial charge in [0.1, 0.15) is 6.10 Å². The van der Waals surface area contributed by atoms with Crippen LogP contribution in [0, 0.1) is 0 Å². The Bertz CT molecular complexity index is 385. The summed E-state index contributed by atoms with van der Waals surface area (Å²) in [5.41, 5.74) is 0. The molecule has 0 radical (unpaired) electrons. The summed E-state index contributed by atoms with van der Waals surface area (Å²) in [6.07, 6.45) is 14.3. The summed E-state index contributed by atoms with van der Waals surface area (Å²) >= 11 is 0. The van der Waals surface area contributed by atoms with Crippen molar-refractivity contribution in [3.8, 4) is 0 Å². The van der Waals surface area contributed by atoms with Gasteiger partial charge >= 0.3 is 5.97 Å². The van der Waals surface area contributed by atoms with Gasteiger partial charge in [-0.15, -0.1) is 0 Å². The van der Waals surface area contributed by atoms with Crippen LogP contribution in [-0.2, 0) is 18.4 Å². The highest BCUT2D eigenvalue weighted by atomic mass is 28.4. The predicted molar refractivity (Wildman–Crippen MR) is 130 cm³/mol. The Morgan fingerprint density at radius 3 is 1.41 bits per heavy atom. The molecule has 0 aromatic heterocycles. The highest BCUT2D eigenvalue weighted by Gasteiger charge is 2.23. The minimum Gasteiger partial charge on any atom is -0.458 e. The van der Waals surface area contributed by atoms with Crippen LogP contribution < -0.4 is 0 Å². The van der Waals surface area contributed by atoms with Crippen LogP contribution in [0.25, 0.3) is 0 Å². The molecule has 0 aliphatic rings. The molecule has 0 aromatic carbocycles. The third-order valence-corrected chi connectivity index (χ3v) is 6.75. The van der Waals surface area contributed by atoms with E-state index in [1.165, 1.54) is 57.8 Å². The number of ether oxygens (including phenoxy) is 1. The molecule has 0 heterocycles. The second kappa shape index (κ2) is 16.5. The zero-order valence-corrected chi connectivity index (χ0v) is 22.6. The molecule has 0 amide bonds. The molecule has 4 nitrogen and oxygen atoms in total. The largest absolute Gasteiger partial charge is 0.458 e. The molecule has 0 saturated heterocycles. The van der Waals surface area contributed by atoms with Gasteiger partial charge in [0, 0.05) is 6.42 Å². The van der Waals surface area contributed by atoms with Crippen LogP contribution in [0.15, 0.2) is 0 Å². The number of hydrogen-bond donors (Lipinski definition) is 0. The molecule has 0 N–H and O–H groups in total. The van der Waals surface area contributed by atoms with E-state index >= 15 is 0 Å². The summed E-state index contributed by atoms with van der Waals surface area (Å²) in [4.78, 5) is 12.3. The van der Waals surface area contributed by atoms with Gasteiger partial charge in [-0.3, -0.25) is 4.79 Å². The summed E-state index contributed by atoms with van der Waals surface area (Å²) in [6.45, 7) is 16.1. The van der Waals surface area contributed by atoms with Crippen LogP contribution in [-0.4, -0.2) is 41.9 Å². The van der Waals surface area contributed by atoms with Crippen molar-refractivity contribution in [1.82, 2.24) is 0 Å². The fraction of sp³-hybridized carbons (Fsp3) is 0.957. The maximum Gasteiger partial charge on any atom is 0.306 e. The van der Waals surface area contributed by atoms with Crippen LogP contribution in [0.1, 0.15) is 84.0 Å². The second-order valence-electron chi connectivity index (χ2n) is 10.2. The van der Waals surface area contributed by atoms with E-state index < -0.39 is 16.6 Å². The topological polar surface area (TPSA) is 44.8 Å². The molecule has 0 bridgehead atoms. The van der Waals surface area contributed by atoms with E-state index in [0.717, 1.165) is 12.8 Å². The average Bonchev–Trinajstić information content (AvgIpc) is 2.60. The standard InChI is InChI=1S/C23H50O4Si2/c1-8-9-10-11-12-13-14-15-16-17-18-19-23(24)27-22(20-25-28(2,3)4)21-26-29(5,6)7/h22H,8-21H2,1-7H3. The maximum absolute atomic E-state index is 12.3. The number of esters is 1. The van der Waals surface area contributed by atoms with Gasteiger partial charge in [-0.05, 0) is 45.7 Å². The minimum absolute atomic E-state index is 0.107. The van der Waals surface area contributed by atoms with E-state index in [0.29, 0.717) is 19.6 Å². The number of rotatable bonds is 19. The van der Waals surface area contributed by atoms with Crippen molar-refractivity contribution in [2.75, 3.05) is 13.2 Å². The first-order valence-electron chi connectivity index (χ1n) is 12.0. The number of unbranched alkanes of at least 4 members (excludes halogenated alkanes) is 10. The minimum atomic E-state index is -1.64. The Morgan fingerprint density at radius 1 is 0.655 bits per heavy atom. The molecule has 0 aliphatic carbocycles. The predicted octanol–water partition coefficient (Wildman–Crippen LogP) is 7.30. The van der Waals surface area contributed by atoms with Crippen LogP contribution in [0.2, 0.25) is 39.3 Å². The lowest BCUT2D eigenvalue weighted by Gasteiger charge is -2.26. The Morgan fingerprint density at radius 2 is 1.03 bits per heavy atom. The first-order valence-corrected chi connectivity index (χ1v) is 18.8. The molecule has 0 spiro atoms. The normalized spacial score (nSPS) is 12.6. The van der Waals surface area contributed by atoms with Gasteiger partial charge in [0.05, 0.1) is 13.2 Å². The lowest BCUT2D eigenvalue weighted by Crippen LogP contribution is -2.38. The summed E-state index contributed by atoms with van der Waals surface area (Å²) in [5.74, 6) is -0.107. The quantitative estimate of drug-likeness (QED) is 0.119. The lowest BCUT2D eigenvalue weighted by molar-refractivity contribution is -0.152. The van der Waals surface area contributed by atoms with Crippen LogP contribution in [0.5, 0.6) is 0 Å². The van der Waals surface area contributed by atoms with Crippen LogP contribution in [0.4, 0.5) is 0 Å². The van der Waals surface area contributed by atoms with Gasteiger partial charge in [-0.25, -0.2) is 0 Å². The van der Waals surface area contributed by atoms with Gasteiger partial charge in [-0.2, -0.15) is 0 Å². The van der Waals surface area contributed by atoms with Gasteiger partial charge < -0.3 is 13.6 Å². The highest BCUT2D eigenvalue weighted by Crippen LogP contribution is 2.13. The third kappa shape index (κ3) is 22.3. The molecule has 0 aliphatic heterocycles. The van der Waals surface area contributed by atoms with Gasteiger partial charge in [0.15, 0.2) is 16.6 Å². The number of carbonyl (C=O) groups is 1. The van der Waals surface area contributed by atoms with E-state index in [4.69, 9.17) is 13.6 Å². The summed E-state index contributed by atoms with van der Waals surface area (Å²) in [6, 6.07) is 0. The van der Waals surface area contributed by atoms with Crippen molar-refractivity contribution in [2.45, 2.75) is 129 Å². The van der Waals surface area contributed by atoms with Crippen molar-refractivity contribution < 1.29 is 18.4 Å². The first-order chi connectivity index (χ1) is 13.5. The van der Waals surface area contributed by atoms with Gasteiger partial charge in [0.25, 0.3) is 0 Å². The summed E-state index contributed by atoms with van der Waals surface area (Å²) < 4.78 is 17.6. The summed E-state index contributed by atoms with van der Waals surface area (Å²) in [7, 11) is -3.28. The van der Waals surface area contributed by atoms with Gasteiger partial charge in [0.2, 0.25) is 0 Å². The number of carbonyl (C=O) groups excluding carboxylic acids is 1. The van der Waals surface area contributed by atoms with Crippen LogP contribution in [0.3, 0.4) is 0 Å². The highest BCUT2D eigenvalue weighted by molar-refractivity contribution is 6.70. The Balaban J connectivity index is 3.91. The second-order valence-corrected chi connectivity index (χ2v) is 19.3. The first kappa shape index (κ1) is 28.8. The Hall–Kier alpha value is -0.176. The molecule has 0 saturated carbocycles. The Labute approximate surface area is 183 Å². The van der Waals surface area contributed by atoms with Crippen molar-refractivity contribution in [3.05, 3.63) is 0 Å². The van der Waals surface area contributed by atoms with E-state index in [-0.39, 0.29) is 12.1 Å². The molecule has 0 rings (SSSR count). The van der Waals surface area contributed by atoms with Crippen molar-refractivity contribution in [1.29, 1.82) is 0 Å². The molecule has 0 fully saturated rings. The molecular weight excluding hydrogens is 396 g/mol. The molecule has 29 heavy (non-hydrogen) atoms. The third-order valence-electron chi connectivity index (χ3n) is 4.69. The van der Waals surface area contributed by atoms with E-state index in [1.54, 1.807) is 0 Å². The van der Waals surface area contributed by atoms with Crippen molar-refractivity contribution >= 4 is 22.6 Å². The average molecular weight is 447 g/mol. The number of hydrogen-bond acceptors (Lipinski definition) is 4. The smallest absolute Gasteiger partial charge is 0.306 e. The van der Waals surface area contributed by atoms with Crippen LogP contribution >= 0.6 is 0 Å². The molecule has 0 unspecified atom stereocenters.